The SMILES string of the molecule is CCOc1c(Br)cc(C(=O)Nc2ccc(C(=O)O)c(F)c2)cc1OC(F)(F)F. The van der Waals surface area contributed by atoms with Gasteiger partial charge in [-0.05, 0) is 53.2 Å². The number of amides is 1. The fraction of sp³-hybridized carbons (Fsp3) is 0.176. The number of nitrogens with one attached hydrogen (secondary N) is 1. The summed E-state index contributed by atoms with van der Waals surface area (Å²) >= 11 is 3.02. The van der Waals surface area contributed by atoms with E-state index in [2.05, 4.69) is 26.0 Å². The van der Waals surface area contributed by atoms with Crippen LogP contribution in [0.4, 0.5) is 23.2 Å². The largest absolute Gasteiger partial charge is 0.573 e. The van der Waals surface area contributed by atoms with E-state index in [9.17, 15) is 27.2 Å². The lowest BCUT2D eigenvalue weighted by Gasteiger charge is -2.16. The van der Waals surface area contributed by atoms with Crippen LogP contribution >= 0.6 is 15.9 Å². The van der Waals surface area contributed by atoms with Crippen LogP contribution in [0.25, 0.3) is 0 Å². The first-order valence-electron chi connectivity index (χ1n) is 7.58. The lowest BCUT2D eigenvalue weighted by atomic mass is 10.1. The first kappa shape index (κ1) is 21.5. The van der Waals surface area contributed by atoms with Gasteiger partial charge in [0.05, 0.1) is 16.6 Å². The van der Waals surface area contributed by atoms with Crippen LogP contribution in [0.15, 0.2) is 34.8 Å². The summed E-state index contributed by atoms with van der Waals surface area (Å²) in [6, 6.07) is 4.88. The van der Waals surface area contributed by atoms with E-state index in [0.29, 0.717) is 0 Å². The molecule has 0 heterocycles. The molecule has 0 fully saturated rings. The molecule has 0 bridgehead atoms. The van der Waals surface area contributed by atoms with E-state index in [1.165, 1.54) is 6.07 Å². The third kappa shape index (κ3) is 5.35. The lowest BCUT2D eigenvalue weighted by molar-refractivity contribution is -0.275. The van der Waals surface area contributed by atoms with Crippen molar-refractivity contribution in [2.45, 2.75) is 13.3 Å². The summed E-state index contributed by atoms with van der Waals surface area (Å²) in [6.45, 7) is 1.60. The molecule has 11 heteroatoms. The standard InChI is InChI=1S/C17H12BrF4NO5/c1-2-27-14-11(18)5-8(6-13(14)28-17(20,21)22)15(24)23-9-3-4-10(16(25)26)12(19)7-9/h3-7H,2H2,1H3,(H,23,24)(H,25,26). The van der Waals surface area contributed by atoms with E-state index in [1.807, 2.05) is 0 Å². The van der Waals surface area contributed by atoms with Gasteiger partial charge in [0.25, 0.3) is 5.91 Å². The Labute approximate surface area is 164 Å². The molecule has 0 spiro atoms. The number of hydrogen-bond acceptors (Lipinski definition) is 4. The minimum absolute atomic E-state index is 0.0358. The molecule has 2 N–H and O–H groups in total. The van der Waals surface area contributed by atoms with Gasteiger partial charge in [0.1, 0.15) is 5.82 Å². The normalized spacial score (nSPS) is 11.1. The number of carbonyl (C=O) groups excluding carboxylic acids is 1. The predicted molar refractivity (Wildman–Crippen MR) is 93.3 cm³/mol. The van der Waals surface area contributed by atoms with Gasteiger partial charge in [-0.25, -0.2) is 9.18 Å². The summed E-state index contributed by atoms with van der Waals surface area (Å²) < 4.78 is 60.7. The number of halogens is 5. The molecular weight excluding hydrogens is 454 g/mol. The molecule has 6 nitrogen and oxygen atoms in total. The number of benzene rings is 2. The smallest absolute Gasteiger partial charge is 0.489 e. The maximum Gasteiger partial charge on any atom is 0.573 e. The molecule has 28 heavy (non-hydrogen) atoms. The van der Waals surface area contributed by atoms with E-state index in [4.69, 9.17) is 9.84 Å². The Bertz CT molecular complexity index is 917. The maximum atomic E-state index is 13.7. The highest BCUT2D eigenvalue weighted by molar-refractivity contribution is 9.10. The van der Waals surface area contributed by atoms with Crippen LogP contribution in [0.5, 0.6) is 11.5 Å². The van der Waals surface area contributed by atoms with Crippen molar-refractivity contribution in [1.82, 2.24) is 0 Å². The molecule has 150 valence electrons. The molecule has 2 aromatic rings. The predicted octanol–water partition coefficient (Wildman–Crippen LogP) is 4.84. The monoisotopic (exact) mass is 465 g/mol. The zero-order valence-corrected chi connectivity index (χ0v) is 15.6. The number of anilines is 1. The molecule has 1 amide bonds. The molecule has 0 saturated heterocycles. The van der Waals surface area contributed by atoms with Gasteiger partial charge in [-0.1, -0.05) is 0 Å². The van der Waals surface area contributed by atoms with Crippen molar-refractivity contribution in [3.05, 3.63) is 51.7 Å². The molecule has 0 saturated carbocycles. The molecular formula is C17H12BrF4NO5. The first-order chi connectivity index (χ1) is 13.0. The van der Waals surface area contributed by atoms with Crippen LogP contribution in [0.1, 0.15) is 27.6 Å². The minimum atomic E-state index is -5.02. The summed E-state index contributed by atoms with van der Waals surface area (Å²) in [6.07, 6.45) is -5.02. The molecule has 0 aromatic heterocycles. The molecule has 0 aliphatic heterocycles. The van der Waals surface area contributed by atoms with Gasteiger partial charge in [-0.15, -0.1) is 13.2 Å². The van der Waals surface area contributed by atoms with Crippen LogP contribution in [-0.2, 0) is 0 Å². The number of aromatic carboxylic acids is 1. The number of rotatable bonds is 6. The summed E-state index contributed by atoms with van der Waals surface area (Å²) in [5.74, 6) is -4.42. The minimum Gasteiger partial charge on any atom is -0.489 e. The molecule has 0 atom stereocenters. The highest BCUT2D eigenvalue weighted by Crippen LogP contribution is 2.39. The average Bonchev–Trinajstić information content (AvgIpc) is 2.56. The second kappa shape index (κ2) is 8.46. The Morgan fingerprint density at radius 3 is 2.43 bits per heavy atom. The van der Waals surface area contributed by atoms with E-state index >= 15 is 0 Å². The van der Waals surface area contributed by atoms with Gasteiger partial charge < -0.3 is 19.9 Å². The van der Waals surface area contributed by atoms with E-state index in [1.54, 1.807) is 6.92 Å². The van der Waals surface area contributed by atoms with Crippen LogP contribution in [0.3, 0.4) is 0 Å². The zero-order valence-electron chi connectivity index (χ0n) is 14.1. The number of carboxylic acids is 1. The van der Waals surface area contributed by atoms with Crippen LogP contribution < -0.4 is 14.8 Å². The Morgan fingerprint density at radius 2 is 1.89 bits per heavy atom. The molecule has 2 aromatic carbocycles. The van der Waals surface area contributed by atoms with Gasteiger partial charge in [0, 0.05) is 11.3 Å². The zero-order chi connectivity index (χ0) is 21.1. The quantitative estimate of drug-likeness (QED) is 0.596. The second-order valence-corrected chi connectivity index (χ2v) is 6.07. The van der Waals surface area contributed by atoms with Crippen molar-refractivity contribution in [3.63, 3.8) is 0 Å². The Morgan fingerprint density at radius 1 is 1.21 bits per heavy atom. The third-order valence-corrected chi connectivity index (χ3v) is 3.83. The van der Waals surface area contributed by atoms with Gasteiger partial charge >= 0.3 is 12.3 Å². The van der Waals surface area contributed by atoms with Crippen LogP contribution in [0, 0.1) is 5.82 Å². The van der Waals surface area contributed by atoms with Crippen molar-refractivity contribution in [2.24, 2.45) is 0 Å². The van der Waals surface area contributed by atoms with Crippen LogP contribution in [0.2, 0.25) is 0 Å². The number of alkyl halides is 3. The van der Waals surface area contributed by atoms with Crippen molar-refractivity contribution in [2.75, 3.05) is 11.9 Å². The maximum absolute atomic E-state index is 13.7. The van der Waals surface area contributed by atoms with Gasteiger partial charge in [0.2, 0.25) is 0 Å². The Balaban J connectivity index is 2.34. The Hall–Kier alpha value is -2.82. The summed E-state index contributed by atoms with van der Waals surface area (Å²) in [4.78, 5) is 23.1. The third-order valence-electron chi connectivity index (χ3n) is 3.24. The first-order valence-corrected chi connectivity index (χ1v) is 8.37. The van der Waals surface area contributed by atoms with Crippen molar-refractivity contribution in [1.29, 1.82) is 0 Å². The van der Waals surface area contributed by atoms with Crippen molar-refractivity contribution >= 4 is 33.5 Å². The van der Waals surface area contributed by atoms with Crippen molar-refractivity contribution in [3.8, 4) is 11.5 Å². The summed E-state index contributed by atoms with van der Waals surface area (Å²) in [7, 11) is 0. The van der Waals surface area contributed by atoms with E-state index < -0.39 is 35.4 Å². The van der Waals surface area contributed by atoms with Gasteiger partial charge in [-0.3, -0.25) is 4.79 Å². The topological polar surface area (TPSA) is 84.9 Å². The van der Waals surface area contributed by atoms with E-state index in [-0.39, 0.29) is 28.1 Å². The highest BCUT2D eigenvalue weighted by Gasteiger charge is 2.33. The molecule has 0 aliphatic carbocycles. The fourth-order valence-electron chi connectivity index (χ4n) is 2.15. The highest BCUT2D eigenvalue weighted by atomic mass is 79.9. The summed E-state index contributed by atoms with van der Waals surface area (Å²) in [5, 5.41) is 11.1. The average molecular weight is 466 g/mol. The lowest BCUT2D eigenvalue weighted by Crippen LogP contribution is -2.19. The van der Waals surface area contributed by atoms with Crippen molar-refractivity contribution < 1.29 is 41.7 Å². The number of ether oxygens (including phenoxy) is 2. The number of hydrogen-bond donors (Lipinski definition) is 2. The number of carboxylic acid groups (broad SMARTS) is 1. The second-order valence-electron chi connectivity index (χ2n) is 5.22. The van der Waals surface area contributed by atoms with Gasteiger partial charge in [0.15, 0.2) is 11.5 Å². The van der Waals surface area contributed by atoms with Gasteiger partial charge in [-0.2, -0.15) is 0 Å². The molecule has 0 radical (unpaired) electrons. The molecule has 0 aliphatic rings. The fourth-order valence-corrected chi connectivity index (χ4v) is 2.71. The van der Waals surface area contributed by atoms with E-state index in [0.717, 1.165) is 24.3 Å². The Kier molecular flexibility index (Phi) is 6.49. The molecule has 0 unspecified atom stereocenters. The summed E-state index contributed by atoms with van der Waals surface area (Å²) in [5.41, 5.74) is -0.921. The number of carbonyl (C=O) groups is 2. The molecule has 2 rings (SSSR count). The van der Waals surface area contributed by atoms with Crippen LogP contribution in [-0.4, -0.2) is 30.0 Å².